The van der Waals surface area contributed by atoms with Crippen LogP contribution in [0.1, 0.15) is 72.5 Å². The Morgan fingerprint density at radius 2 is 1.61 bits per heavy atom. The normalized spacial score (nSPS) is 15.1. The standard InChI is InChI=1S/C32H39N3O9/c1-3-41-17-15-33-27(36)10-5-7-21-11-12-23-25(19-21)26(20-43-32(40)44-35-28(37)13-14-29(35)38)22-8-6-9-24(30(22)23)31(39)34-16-18-42-4-2/h6,8-9,11-12,19,26H,3-5,7,10,13-18,20H2,1-2H3,(H,33,36)(H,34,39). The van der Waals surface area contributed by atoms with Crippen LogP contribution in [0.15, 0.2) is 36.4 Å². The molecule has 0 aromatic heterocycles. The van der Waals surface area contributed by atoms with Gasteiger partial charge in [0, 0.05) is 57.0 Å². The van der Waals surface area contributed by atoms with Crippen LogP contribution >= 0.6 is 0 Å². The minimum atomic E-state index is -1.17. The van der Waals surface area contributed by atoms with Crippen molar-refractivity contribution in [2.75, 3.05) is 46.1 Å². The van der Waals surface area contributed by atoms with E-state index in [-0.39, 0.29) is 31.3 Å². The van der Waals surface area contributed by atoms with Gasteiger partial charge in [-0.1, -0.05) is 35.4 Å². The molecule has 2 aromatic carbocycles. The van der Waals surface area contributed by atoms with Crippen LogP contribution < -0.4 is 10.6 Å². The molecule has 0 spiro atoms. The zero-order valence-electron chi connectivity index (χ0n) is 25.1. The van der Waals surface area contributed by atoms with Gasteiger partial charge in [0.05, 0.1) is 13.2 Å². The Labute approximate surface area is 256 Å². The van der Waals surface area contributed by atoms with E-state index in [4.69, 9.17) is 19.0 Å². The van der Waals surface area contributed by atoms with Gasteiger partial charge in [-0.2, -0.15) is 0 Å². The Morgan fingerprint density at radius 1 is 0.909 bits per heavy atom. The van der Waals surface area contributed by atoms with Gasteiger partial charge in [0.1, 0.15) is 6.61 Å². The minimum Gasteiger partial charge on any atom is -0.432 e. The molecular formula is C32H39N3O9. The van der Waals surface area contributed by atoms with Crippen molar-refractivity contribution in [3.8, 4) is 11.1 Å². The van der Waals surface area contributed by atoms with Crippen molar-refractivity contribution in [1.82, 2.24) is 15.7 Å². The summed E-state index contributed by atoms with van der Waals surface area (Å²) in [5.41, 5.74) is 4.69. The molecule has 12 heteroatoms. The molecule has 1 unspecified atom stereocenters. The average molecular weight is 610 g/mol. The molecule has 236 valence electrons. The average Bonchev–Trinajstić information content (AvgIpc) is 3.51. The van der Waals surface area contributed by atoms with Crippen LogP contribution in [0, 0.1) is 0 Å². The summed E-state index contributed by atoms with van der Waals surface area (Å²) in [4.78, 5) is 66.5. The van der Waals surface area contributed by atoms with Crippen molar-refractivity contribution in [3.05, 3.63) is 58.7 Å². The van der Waals surface area contributed by atoms with E-state index < -0.39 is 23.9 Å². The third-order valence-corrected chi connectivity index (χ3v) is 7.39. The summed E-state index contributed by atoms with van der Waals surface area (Å²) >= 11 is 0. The number of ether oxygens (including phenoxy) is 3. The van der Waals surface area contributed by atoms with E-state index in [9.17, 15) is 24.0 Å². The number of rotatable bonds is 16. The highest BCUT2D eigenvalue weighted by molar-refractivity contribution is 6.03. The SMILES string of the molecule is CCOCCNC(=O)CCCc1ccc2c(c1)C(COC(=O)ON1C(=O)CCC1=O)c1cccc(C(=O)NCCOCC)c1-2. The second kappa shape index (κ2) is 16.0. The molecular weight excluding hydrogens is 570 g/mol. The zero-order chi connectivity index (χ0) is 31.5. The molecule has 0 saturated carbocycles. The number of hydrogen-bond donors (Lipinski definition) is 2. The van der Waals surface area contributed by atoms with Crippen LogP contribution in [0.2, 0.25) is 0 Å². The Hall–Kier alpha value is -4.29. The van der Waals surface area contributed by atoms with Crippen LogP contribution in [0.3, 0.4) is 0 Å². The van der Waals surface area contributed by atoms with Crippen molar-refractivity contribution < 1.29 is 43.0 Å². The zero-order valence-corrected chi connectivity index (χ0v) is 25.1. The number of amides is 4. The van der Waals surface area contributed by atoms with Gasteiger partial charge in [0.25, 0.3) is 17.7 Å². The van der Waals surface area contributed by atoms with Crippen LogP contribution in [-0.2, 0) is 39.9 Å². The Kier molecular flexibility index (Phi) is 11.8. The molecule has 12 nitrogen and oxygen atoms in total. The van der Waals surface area contributed by atoms with Gasteiger partial charge in [-0.05, 0) is 60.6 Å². The number of aryl methyl sites for hydroxylation is 1. The third-order valence-electron chi connectivity index (χ3n) is 7.39. The first-order valence-corrected chi connectivity index (χ1v) is 15.0. The molecule has 2 N–H and O–H groups in total. The Bertz CT molecular complexity index is 1360. The van der Waals surface area contributed by atoms with E-state index in [1.165, 1.54) is 0 Å². The fourth-order valence-corrected chi connectivity index (χ4v) is 5.32. The summed E-state index contributed by atoms with van der Waals surface area (Å²) in [6.07, 6.45) is 0.417. The molecule has 0 radical (unpaired) electrons. The van der Waals surface area contributed by atoms with Gasteiger partial charge in [-0.15, -0.1) is 0 Å². The highest BCUT2D eigenvalue weighted by atomic mass is 16.8. The first kappa shape index (κ1) is 32.6. The summed E-state index contributed by atoms with van der Waals surface area (Å²) in [7, 11) is 0. The third kappa shape index (κ3) is 8.20. The van der Waals surface area contributed by atoms with Gasteiger partial charge in [0.2, 0.25) is 5.91 Å². The second-order valence-corrected chi connectivity index (χ2v) is 10.3. The quantitative estimate of drug-likeness (QED) is 0.166. The van der Waals surface area contributed by atoms with Crippen molar-refractivity contribution in [1.29, 1.82) is 0 Å². The highest BCUT2D eigenvalue weighted by Gasteiger charge is 2.36. The molecule has 1 atom stereocenters. The maximum atomic E-state index is 13.2. The topological polar surface area (TPSA) is 150 Å². The summed E-state index contributed by atoms with van der Waals surface area (Å²) in [5.74, 6) is -1.93. The van der Waals surface area contributed by atoms with Crippen LogP contribution in [0.25, 0.3) is 11.1 Å². The summed E-state index contributed by atoms with van der Waals surface area (Å²) in [6, 6.07) is 11.3. The van der Waals surface area contributed by atoms with E-state index >= 15 is 0 Å². The highest BCUT2D eigenvalue weighted by Crippen LogP contribution is 2.47. The minimum absolute atomic E-state index is 0.0252. The number of hydrogen-bond acceptors (Lipinski definition) is 9. The lowest BCUT2D eigenvalue weighted by Crippen LogP contribution is -2.32. The fraction of sp³-hybridized carbons (Fsp3) is 0.469. The predicted molar refractivity (Wildman–Crippen MR) is 159 cm³/mol. The van der Waals surface area contributed by atoms with Gasteiger partial charge in [-0.3, -0.25) is 24.0 Å². The van der Waals surface area contributed by atoms with Crippen LogP contribution in [0.4, 0.5) is 4.79 Å². The first-order valence-electron chi connectivity index (χ1n) is 15.0. The maximum absolute atomic E-state index is 13.2. The van der Waals surface area contributed by atoms with Crippen molar-refractivity contribution >= 4 is 29.8 Å². The predicted octanol–water partition coefficient (Wildman–Crippen LogP) is 3.26. The summed E-state index contributed by atoms with van der Waals surface area (Å²) < 4.78 is 16.0. The van der Waals surface area contributed by atoms with Crippen LogP contribution in [-0.4, -0.2) is 81.0 Å². The maximum Gasteiger partial charge on any atom is 0.533 e. The number of benzene rings is 2. The van der Waals surface area contributed by atoms with Crippen LogP contribution in [0.5, 0.6) is 0 Å². The molecule has 1 saturated heterocycles. The van der Waals surface area contributed by atoms with Gasteiger partial charge in [-0.25, -0.2) is 4.79 Å². The van der Waals surface area contributed by atoms with Crippen molar-refractivity contribution in [2.24, 2.45) is 0 Å². The molecule has 2 aliphatic rings. The van der Waals surface area contributed by atoms with Crippen molar-refractivity contribution in [2.45, 2.75) is 51.9 Å². The molecule has 1 aliphatic carbocycles. The number of hydroxylamine groups is 2. The van der Waals surface area contributed by atoms with Gasteiger partial charge < -0.3 is 24.8 Å². The van der Waals surface area contributed by atoms with E-state index in [0.717, 1.165) is 27.8 Å². The molecule has 1 aliphatic heterocycles. The number of carbonyl (C=O) groups excluding carboxylic acids is 5. The monoisotopic (exact) mass is 609 g/mol. The molecule has 4 rings (SSSR count). The first-order chi connectivity index (χ1) is 21.3. The van der Waals surface area contributed by atoms with E-state index in [1.807, 2.05) is 38.1 Å². The molecule has 44 heavy (non-hydrogen) atoms. The lowest BCUT2D eigenvalue weighted by Gasteiger charge is -2.17. The summed E-state index contributed by atoms with van der Waals surface area (Å²) in [6.45, 7) is 6.48. The van der Waals surface area contributed by atoms with E-state index in [0.29, 0.717) is 69.4 Å². The molecule has 4 amide bonds. The van der Waals surface area contributed by atoms with E-state index in [2.05, 4.69) is 10.6 Å². The number of nitrogens with one attached hydrogen (secondary N) is 2. The number of nitrogens with zero attached hydrogens (tertiary/aromatic N) is 1. The van der Waals surface area contributed by atoms with E-state index in [1.54, 1.807) is 12.1 Å². The van der Waals surface area contributed by atoms with Gasteiger partial charge >= 0.3 is 6.16 Å². The Balaban J connectivity index is 1.51. The number of fused-ring (bicyclic) bond motifs is 3. The molecule has 0 bridgehead atoms. The lowest BCUT2D eigenvalue weighted by molar-refractivity contribution is -0.177. The summed E-state index contributed by atoms with van der Waals surface area (Å²) in [5, 5.41) is 6.18. The number of imide groups is 1. The lowest BCUT2D eigenvalue weighted by atomic mass is 9.95. The molecule has 1 fully saturated rings. The smallest absolute Gasteiger partial charge is 0.432 e. The largest absolute Gasteiger partial charge is 0.533 e. The molecule has 1 heterocycles. The number of carbonyl (C=O) groups is 5. The second-order valence-electron chi connectivity index (χ2n) is 10.3. The molecule has 2 aromatic rings. The Morgan fingerprint density at radius 3 is 2.32 bits per heavy atom. The van der Waals surface area contributed by atoms with Gasteiger partial charge in [0.15, 0.2) is 0 Å². The fourth-order valence-electron chi connectivity index (χ4n) is 5.32. The van der Waals surface area contributed by atoms with Crippen molar-refractivity contribution in [3.63, 3.8) is 0 Å².